The molecule has 8 aromatic carbocycles. The summed E-state index contributed by atoms with van der Waals surface area (Å²) in [6.07, 6.45) is 4.60. The van der Waals surface area contributed by atoms with Gasteiger partial charge in [-0.15, -0.1) is 12.3 Å². The minimum absolute atomic E-state index is 0.0564. The highest BCUT2D eigenvalue weighted by atomic mass is 15.2. The maximum Gasteiger partial charge on any atom is 0.247 e. The van der Waals surface area contributed by atoms with Crippen molar-refractivity contribution in [1.82, 2.24) is 0 Å². The highest BCUT2D eigenvalue weighted by Crippen LogP contribution is 2.58. The molecule has 0 N–H and O–H groups in total. The number of rotatable bonds is 8. The molecule has 0 bridgehead atoms. The smallest absolute Gasteiger partial charge is 0.247 e. The third-order valence-corrected chi connectivity index (χ3v) is 13.3. The van der Waals surface area contributed by atoms with Crippen molar-refractivity contribution in [3.63, 3.8) is 0 Å². The molecule has 2 nitrogen and oxygen atoms in total. The molecule has 0 saturated heterocycles. The number of anilines is 6. The van der Waals surface area contributed by atoms with Gasteiger partial charge in [-0.25, -0.2) is 0 Å². The van der Waals surface area contributed by atoms with Gasteiger partial charge in [0.1, 0.15) is 0 Å². The SMILES string of the molecule is C#CC.CC(C)c1cc(C(C)C)c(B2c3ccccc3N(c3ccccc3)c3cc(N4c5ccccc5C(c5ccccc5)(c5ccccc5)c5ccccc54)ccc32)c(C(C)C)c1. The monoisotopic (exact) mass is 828 g/mol. The van der Waals surface area contributed by atoms with E-state index in [2.05, 4.69) is 258 Å². The van der Waals surface area contributed by atoms with Crippen LogP contribution in [0.4, 0.5) is 34.1 Å². The average Bonchev–Trinajstić information content (AvgIpc) is 3.33. The molecule has 0 fully saturated rings. The van der Waals surface area contributed by atoms with Crippen molar-refractivity contribution in [1.29, 1.82) is 0 Å². The Kier molecular flexibility index (Phi) is 11.7. The highest BCUT2D eigenvalue weighted by Gasteiger charge is 2.47. The van der Waals surface area contributed by atoms with Crippen LogP contribution in [-0.4, -0.2) is 6.71 Å². The molecule has 0 atom stereocenters. The molecule has 0 amide bonds. The van der Waals surface area contributed by atoms with Crippen LogP contribution in [0.2, 0.25) is 0 Å². The summed E-state index contributed by atoms with van der Waals surface area (Å²) in [5.41, 5.74) is 20.1. The van der Waals surface area contributed by atoms with Gasteiger partial charge in [-0.1, -0.05) is 199 Å². The Morgan fingerprint density at radius 3 is 1.36 bits per heavy atom. The number of hydrogen-bond donors (Lipinski definition) is 0. The molecule has 0 aliphatic carbocycles. The van der Waals surface area contributed by atoms with Gasteiger partial charge >= 0.3 is 0 Å². The Bertz CT molecular complexity index is 2840. The topological polar surface area (TPSA) is 6.48 Å². The van der Waals surface area contributed by atoms with Gasteiger partial charge in [0.2, 0.25) is 6.71 Å². The second kappa shape index (κ2) is 17.6. The quantitative estimate of drug-likeness (QED) is 0.111. The van der Waals surface area contributed by atoms with Crippen molar-refractivity contribution >= 4 is 57.2 Å². The molecule has 3 heteroatoms. The van der Waals surface area contributed by atoms with Gasteiger partial charge in [0, 0.05) is 22.7 Å². The molecular weight excluding hydrogens is 771 g/mol. The lowest BCUT2D eigenvalue weighted by atomic mass is 9.33. The molecule has 0 spiro atoms. The summed E-state index contributed by atoms with van der Waals surface area (Å²) in [6.45, 7) is 15.9. The highest BCUT2D eigenvalue weighted by molar-refractivity contribution is 6.98. The minimum Gasteiger partial charge on any atom is -0.311 e. The standard InChI is InChI=1S/C58H53BN2.C3H4/c1-39(2)42-36-47(40(3)4)57(48(37-42)41(5)6)59-51-30-18-21-33-55(51)60(45-26-14-9-15-27-45)56-38-46(34-35-52(56)59)61-53-31-19-16-28-49(53)58(43-22-10-7-11-23-43,44-24-12-8-13-25-44)50-29-17-20-32-54(50)61;1-3-2/h7-41H,1-6H3;1H,2H3. The lowest BCUT2D eigenvalue weighted by molar-refractivity contribution is 0.731. The number of nitrogens with zero attached hydrogens (tertiary/aromatic N) is 2. The summed E-state index contributed by atoms with van der Waals surface area (Å²) in [4.78, 5) is 5.03. The second-order valence-electron chi connectivity index (χ2n) is 18.1. The number of para-hydroxylation sites is 4. The van der Waals surface area contributed by atoms with Gasteiger partial charge in [0.05, 0.1) is 16.8 Å². The summed E-state index contributed by atoms with van der Waals surface area (Å²) in [5, 5.41) is 0. The van der Waals surface area contributed by atoms with E-state index in [4.69, 9.17) is 0 Å². The number of terminal acetylenes is 1. The molecule has 2 aliphatic heterocycles. The van der Waals surface area contributed by atoms with Gasteiger partial charge in [-0.3, -0.25) is 0 Å². The van der Waals surface area contributed by atoms with Crippen LogP contribution < -0.4 is 26.2 Å². The Morgan fingerprint density at radius 2 is 0.859 bits per heavy atom. The van der Waals surface area contributed by atoms with Crippen molar-refractivity contribution in [3.05, 3.63) is 233 Å². The van der Waals surface area contributed by atoms with Crippen LogP contribution in [0.1, 0.15) is 105 Å². The second-order valence-corrected chi connectivity index (χ2v) is 18.1. The minimum atomic E-state index is -0.525. The molecule has 8 aromatic rings. The van der Waals surface area contributed by atoms with Crippen molar-refractivity contribution in [2.75, 3.05) is 9.80 Å². The first-order valence-electron chi connectivity index (χ1n) is 22.9. The molecule has 10 rings (SSSR count). The molecule has 64 heavy (non-hydrogen) atoms. The molecule has 0 radical (unpaired) electrons. The number of fused-ring (bicyclic) bond motifs is 4. The molecule has 0 saturated carbocycles. The van der Waals surface area contributed by atoms with E-state index in [9.17, 15) is 0 Å². The molecule has 2 aliphatic rings. The van der Waals surface area contributed by atoms with Gasteiger partial charge < -0.3 is 9.80 Å². The number of benzene rings is 8. The first-order valence-corrected chi connectivity index (χ1v) is 22.9. The number of hydrogen-bond acceptors (Lipinski definition) is 2. The van der Waals surface area contributed by atoms with Crippen LogP contribution in [0, 0.1) is 12.3 Å². The van der Waals surface area contributed by atoms with E-state index >= 15 is 0 Å². The summed E-state index contributed by atoms with van der Waals surface area (Å²) >= 11 is 0. The fraction of sp³-hybridized carbons (Fsp3) is 0.180. The van der Waals surface area contributed by atoms with Crippen LogP contribution in [0.3, 0.4) is 0 Å². The van der Waals surface area contributed by atoms with E-state index in [-0.39, 0.29) is 6.71 Å². The summed E-state index contributed by atoms with van der Waals surface area (Å²) in [6, 6.07) is 72.8. The Labute approximate surface area is 382 Å². The largest absolute Gasteiger partial charge is 0.311 e. The first-order chi connectivity index (χ1) is 31.2. The average molecular weight is 829 g/mol. The van der Waals surface area contributed by atoms with Crippen molar-refractivity contribution < 1.29 is 0 Å². The summed E-state index contributed by atoms with van der Waals surface area (Å²) in [7, 11) is 0. The van der Waals surface area contributed by atoms with Crippen LogP contribution in [0.25, 0.3) is 0 Å². The lowest BCUT2D eigenvalue weighted by Crippen LogP contribution is -2.59. The maximum absolute atomic E-state index is 4.60. The summed E-state index contributed by atoms with van der Waals surface area (Å²) in [5.74, 6) is 3.43. The Morgan fingerprint density at radius 1 is 0.438 bits per heavy atom. The van der Waals surface area contributed by atoms with Gasteiger partial charge in [0.15, 0.2) is 0 Å². The molecular formula is C61H57BN2. The van der Waals surface area contributed by atoms with Crippen molar-refractivity contribution in [3.8, 4) is 12.3 Å². The maximum atomic E-state index is 4.60. The zero-order chi connectivity index (χ0) is 44.5. The summed E-state index contributed by atoms with van der Waals surface area (Å²) < 4.78 is 0. The fourth-order valence-corrected chi connectivity index (χ4v) is 10.5. The van der Waals surface area contributed by atoms with Gasteiger partial charge in [-0.2, -0.15) is 0 Å². The van der Waals surface area contributed by atoms with E-state index in [0.717, 1.165) is 11.4 Å². The van der Waals surface area contributed by atoms with E-state index in [1.54, 1.807) is 6.92 Å². The Balaban J connectivity index is 0.00000168. The van der Waals surface area contributed by atoms with Gasteiger partial charge in [-0.05, 0) is 117 Å². The fourth-order valence-electron chi connectivity index (χ4n) is 10.5. The molecule has 314 valence electrons. The van der Waals surface area contributed by atoms with E-state index in [0.29, 0.717) is 17.8 Å². The molecule has 2 heterocycles. The van der Waals surface area contributed by atoms with E-state index in [1.165, 1.54) is 78.1 Å². The van der Waals surface area contributed by atoms with E-state index in [1.807, 2.05) is 0 Å². The zero-order valence-corrected chi connectivity index (χ0v) is 38.3. The lowest BCUT2D eigenvalue weighted by Gasteiger charge is -2.47. The van der Waals surface area contributed by atoms with Crippen LogP contribution in [0.5, 0.6) is 0 Å². The first kappa shape index (κ1) is 42.3. The van der Waals surface area contributed by atoms with Crippen molar-refractivity contribution in [2.24, 2.45) is 0 Å². The van der Waals surface area contributed by atoms with Crippen LogP contribution >= 0.6 is 0 Å². The predicted molar refractivity (Wildman–Crippen MR) is 276 cm³/mol. The van der Waals surface area contributed by atoms with E-state index < -0.39 is 5.41 Å². The molecule has 0 unspecified atom stereocenters. The van der Waals surface area contributed by atoms with Gasteiger partial charge in [0.25, 0.3) is 0 Å². The third kappa shape index (κ3) is 7.03. The van der Waals surface area contributed by atoms with Crippen LogP contribution in [0.15, 0.2) is 194 Å². The third-order valence-electron chi connectivity index (χ3n) is 13.3. The predicted octanol–water partition coefficient (Wildman–Crippen LogP) is 14.2. The zero-order valence-electron chi connectivity index (χ0n) is 38.3. The Hall–Kier alpha value is -7.02. The molecule has 0 aromatic heterocycles. The van der Waals surface area contributed by atoms with Crippen molar-refractivity contribution in [2.45, 2.75) is 71.6 Å². The van der Waals surface area contributed by atoms with Crippen LogP contribution in [-0.2, 0) is 5.41 Å². The normalized spacial score (nSPS) is 13.4.